The van der Waals surface area contributed by atoms with Crippen LogP contribution in [0.5, 0.6) is 0 Å². The zero-order valence-corrected chi connectivity index (χ0v) is 30.1. The number of ether oxygens (including phenoxy) is 1. The van der Waals surface area contributed by atoms with Crippen molar-refractivity contribution in [1.82, 2.24) is 0 Å². The van der Waals surface area contributed by atoms with Gasteiger partial charge in [0.15, 0.2) is 0 Å². The molecule has 0 aliphatic heterocycles. The highest BCUT2D eigenvalue weighted by Gasteiger charge is 2.14. The number of unbranched alkanes of at least 4 members (excludes halogenated alkanes) is 15. The summed E-state index contributed by atoms with van der Waals surface area (Å²) in [6, 6.07) is 0. The number of carboxylic acid groups (broad SMARTS) is 1. The van der Waals surface area contributed by atoms with Crippen LogP contribution in [0, 0.1) is 0 Å². The maximum atomic E-state index is 12.6. The van der Waals surface area contributed by atoms with Crippen molar-refractivity contribution in [2.45, 2.75) is 193 Å². The van der Waals surface area contributed by atoms with Gasteiger partial charge in [-0.05, 0) is 77.0 Å². The summed E-state index contributed by atoms with van der Waals surface area (Å²) in [5, 5.41) is 8.78. The van der Waals surface area contributed by atoms with Gasteiger partial charge in [-0.15, -0.1) is 0 Å². The molecule has 0 aromatic heterocycles. The Morgan fingerprint density at radius 1 is 0.500 bits per heavy atom. The van der Waals surface area contributed by atoms with E-state index in [1.54, 1.807) is 0 Å². The van der Waals surface area contributed by atoms with Gasteiger partial charge in [-0.3, -0.25) is 9.59 Å². The largest absolute Gasteiger partial charge is 0.481 e. The Bertz CT molecular complexity index is 820. The van der Waals surface area contributed by atoms with E-state index in [4.69, 9.17) is 9.84 Å². The van der Waals surface area contributed by atoms with Crippen molar-refractivity contribution < 1.29 is 19.4 Å². The molecule has 0 radical (unpaired) electrons. The maximum Gasteiger partial charge on any atom is 0.306 e. The molecule has 1 atom stereocenters. The molecule has 0 aliphatic carbocycles. The summed E-state index contributed by atoms with van der Waals surface area (Å²) >= 11 is 0. The molecular weight excluding hydrogens is 568 g/mol. The minimum absolute atomic E-state index is 0.0434. The van der Waals surface area contributed by atoms with Crippen LogP contribution in [-0.2, 0) is 14.3 Å². The van der Waals surface area contributed by atoms with E-state index in [0.717, 1.165) is 103 Å². The lowest BCUT2D eigenvalue weighted by molar-refractivity contribution is -0.150. The Morgan fingerprint density at radius 3 is 1.37 bits per heavy atom. The van der Waals surface area contributed by atoms with Crippen LogP contribution in [0.15, 0.2) is 60.8 Å². The fourth-order valence-corrected chi connectivity index (χ4v) is 5.45. The van der Waals surface area contributed by atoms with Gasteiger partial charge in [0.1, 0.15) is 6.10 Å². The second kappa shape index (κ2) is 37.1. The summed E-state index contributed by atoms with van der Waals surface area (Å²) in [5.74, 6) is -0.743. The van der Waals surface area contributed by atoms with Crippen LogP contribution in [0.4, 0.5) is 0 Å². The van der Waals surface area contributed by atoms with E-state index in [-0.39, 0.29) is 18.5 Å². The first-order chi connectivity index (χ1) is 22.6. The highest BCUT2D eigenvalue weighted by atomic mass is 16.5. The number of carbonyl (C=O) groups excluding carboxylic acids is 1. The Kier molecular flexibility index (Phi) is 35.2. The fourth-order valence-electron chi connectivity index (χ4n) is 5.45. The van der Waals surface area contributed by atoms with Gasteiger partial charge in [0.25, 0.3) is 0 Å². The highest BCUT2D eigenvalue weighted by molar-refractivity contribution is 5.69. The molecule has 4 heteroatoms. The molecule has 264 valence electrons. The third kappa shape index (κ3) is 36.1. The van der Waals surface area contributed by atoms with Gasteiger partial charge in [0.2, 0.25) is 0 Å². The molecule has 0 aliphatic rings. The van der Waals surface area contributed by atoms with E-state index in [0.29, 0.717) is 6.42 Å². The molecule has 46 heavy (non-hydrogen) atoms. The van der Waals surface area contributed by atoms with Crippen molar-refractivity contribution in [3.8, 4) is 0 Å². The topological polar surface area (TPSA) is 63.6 Å². The Labute approximate surface area is 284 Å². The average molecular weight is 641 g/mol. The molecule has 0 amide bonds. The van der Waals surface area contributed by atoms with Crippen LogP contribution >= 0.6 is 0 Å². The molecule has 1 N–H and O–H groups in total. The summed E-state index contributed by atoms with van der Waals surface area (Å²) < 4.78 is 5.98. The van der Waals surface area contributed by atoms with Crippen molar-refractivity contribution in [3.63, 3.8) is 0 Å². The first kappa shape index (κ1) is 43.6. The minimum atomic E-state index is -0.700. The van der Waals surface area contributed by atoms with Gasteiger partial charge < -0.3 is 9.84 Å². The monoisotopic (exact) mass is 641 g/mol. The van der Waals surface area contributed by atoms with Crippen molar-refractivity contribution in [2.24, 2.45) is 0 Å². The Balaban J connectivity index is 4.18. The SMILES string of the molecule is CC/C=C\C/C=C\C/C=C\C/C=C\C/C=C\CCCC(=O)OC(CCCCCCCCCCCC)CCCCCCCCC(=O)O. The van der Waals surface area contributed by atoms with E-state index in [9.17, 15) is 9.59 Å². The molecule has 0 saturated carbocycles. The third-order valence-electron chi connectivity index (χ3n) is 8.25. The molecule has 0 heterocycles. The predicted octanol–water partition coefficient (Wildman–Crippen LogP) is 13.3. The summed E-state index contributed by atoms with van der Waals surface area (Å²) in [5.41, 5.74) is 0. The number of hydrogen-bond donors (Lipinski definition) is 1. The molecule has 1 unspecified atom stereocenters. The first-order valence-corrected chi connectivity index (χ1v) is 19.3. The van der Waals surface area contributed by atoms with Gasteiger partial charge in [0.05, 0.1) is 0 Å². The summed E-state index contributed by atoms with van der Waals surface area (Å²) in [6.07, 6.45) is 50.9. The van der Waals surface area contributed by atoms with E-state index >= 15 is 0 Å². The highest BCUT2D eigenvalue weighted by Crippen LogP contribution is 2.18. The number of carbonyl (C=O) groups is 2. The number of carboxylic acids is 1. The Hall–Kier alpha value is -2.36. The predicted molar refractivity (Wildman–Crippen MR) is 199 cm³/mol. The van der Waals surface area contributed by atoms with Crippen molar-refractivity contribution >= 4 is 11.9 Å². The summed E-state index contributed by atoms with van der Waals surface area (Å²) in [4.78, 5) is 23.3. The lowest BCUT2D eigenvalue weighted by Crippen LogP contribution is -2.18. The summed E-state index contributed by atoms with van der Waals surface area (Å²) in [6.45, 7) is 4.42. The van der Waals surface area contributed by atoms with Crippen LogP contribution in [0.2, 0.25) is 0 Å². The molecule has 0 saturated heterocycles. The second-order valence-electron chi connectivity index (χ2n) is 12.7. The van der Waals surface area contributed by atoms with E-state index in [1.165, 1.54) is 57.8 Å². The van der Waals surface area contributed by atoms with Gasteiger partial charge in [-0.1, -0.05) is 158 Å². The second-order valence-corrected chi connectivity index (χ2v) is 12.7. The summed E-state index contributed by atoms with van der Waals surface area (Å²) in [7, 11) is 0. The third-order valence-corrected chi connectivity index (χ3v) is 8.25. The smallest absolute Gasteiger partial charge is 0.306 e. The van der Waals surface area contributed by atoms with E-state index < -0.39 is 5.97 Å². The molecule has 0 fully saturated rings. The van der Waals surface area contributed by atoms with Gasteiger partial charge in [-0.2, -0.15) is 0 Å². The van der Waals surface area contributed by atoms with Crippen LogP contribution in [0.3, 0.4) is 0 Å². The zero-order valence-electron chi connectivity index (χ0n) is 30.1. The van der Waals surface area contributed by atoms with Crippen molar-refractivity contribution in [1.29, 1.82) is 0 Å². The van der Waals surface area contributed by atoms with Crippen LogP contribution < -0.4 is 0 Å². The number of esters is 1. The first-order valence-electron chi connectivity index (χ1n) is 19.3. The van der Waals surface area contributed by atoms with Gasteiger partial charge >= 0.3 is 11.9 Å². The molecule has 0 aromatic carbocycles. The molecule has 0 aromatic rings. The standard InChI is InChI=1S/C42H72O4/c1-3-5-7-9-11-13-15-16-17-18-19-20-21-23-25-31-35-39-42(45)46-40(37-33-29-26-27-30-34-38-41(43)44)36-32-28-24-22-14-12-10-8-6-4-2/h5,7,11,13,16-17,19-20,23,25,40H,3-4,6,8-10,12,14-15,18,21-22,24,26-39H2,1-2H3,(H,43,44)/b7-5-,13-11-,17-16-,20-19-,25-23-. The average Bonchev–Trinajstić information content (AvgIpc) is 3.04. The fraction of sp³-hybridized carbons (Fsp3) is 0.714. The molecular formula is C42H72O4. The zero-order chi connectivity index (χ0) is 33.6. The van der Waals surface area contributed by atoms with Gasteiger partial charge in [-0.25, -0.2) is 0 Å². The quantitative estimate of drug-likeness (QED) is 0.0432. The number of rotatable bonds is 34. The molecule has 0 bridgehead atoms. The van der Waals surface area contributed by atoms with Crippen LogP contribution in [0.1, 0.15) is 187 Å². The van der Waals surface area contributed by atoms with Crippen molar-refractivity contribution in [3.05, 3.63) is 60.8 Å². The van der Waals surface area contributed by atoms with Gasteiger partial charge in [0, 0.05) is 12.8 Å². The normalized spacial score (nSPS) is 12.9. The number of aliphatic carboxylic acids is 1. The van der Waals surface area contributed by atoms with Crippen molar-refractivity contribution in [2.75, 3.05) is 0 Å². The molecule has 0 rings (SSSR count). The van der Waals surface area contributed by atoms with Crippen LogP contribution in [-0.4, -0.2) is 23.1 Å². The lowest BCUT2D eigenvalue weighted by atomic mass is 10.0. The minimum Gasteiger partial charge on any atom is -0.481 e. The van der Waals surface area contributed by atoms with E-state index in [1.807, 2.05) is 0 Å². The molecule has 4 nitrogen and oxygen atoms in total. The molecule has 0 spiro atoms. The maximum absolute atomic E-state index is 12.6. The number of hydrogen-bond acceptors (Lipinski definition) is 3. The van der Waals surface area contributed by atoms with Crippen LogP contribution in [0.25, 0.3) is 0 Å². The van der Waals surface area contributed by atoms with E-state index in [2.05, 4.69) is 74.6 Å². The lowest BCUT2D eigenvalue weighted by Gasteiger charge is -2.18. The number of allylic oxidation sites excluding steroid dienone is 10. The Morgan fingerprint density at radius 2 is 0.913 bits per heavy atom.